The van der Waals surface area contributed by atoms with Crippen molar-refractivity contribution in [1.82, 2.24) is 5.32 Å². The van der Waals surface area contributed by atoms with Crippen molar-refractivity contribution >= 4 is 22.9 Å². The third-order valence-corrected chi connectivity index (χ3v) is 4.92. The molecule has 1 aromatic carbocycles. The summed E-state index contributed by atoms with van der Waals surface area (Å²) in [5.74, 6) is 0. The molecule has 0 radical (unpaired) electrons. The van der Waals surface area contributed by atoms with Gasteiger partial charge in [0.15, 0.2) is 0 Å². The lowest BCUT2D eigenvalue weighted by Crippen LogP contribution is -2.16. The minimum absolute atomic E-state index is 0.890. The zero-order chi connectivity index (χ0) is 12.5. The second-order valence-electron chi connectivity index (χ2n) is 4.74. The van der Waals surface area contributed by atoms with Crippen LogP contribution < -0.4 is 5.32 Å². The summed E-state index contributed by atoms with van der Waals surface area (Å²) in [6.07, 6.45) is 2.17. The van der Waals surface area contributed by atoms with E-state index < -0.39 is 0 Å². The summed E-state index contributed by atoms with van der Waals surface area (Å²) in [5.41, 5.74) is 5.49. The van der Waals surface area contributed by atoms with Gasteiger partial charge in [-0.1, -0.05) is 17.7 Å². The molecule has 1 N–H and O–H groups in total. The molecule has 0 atom stereocenters. The van der Waals surface area contributed by atoms with Gasteiger partial charge in [-0.2, -0.15) is 0 Å². The van der Waals surface area contributed by atoms with Crippen molar-refractivity contribution in [3.8, 4) is 10.4 Å². The molecule has 0 aliphatic carbocycles. The smallest absolute Gasteiger partial charge is 0.0495 e. The highest BCUT2D eigenvalue weighted by atomic mass is 35.5. The van der Waals surface area contributed by atoms with Crippen LogP contribution in [0.3, 0.4) is 0 Å². The Hall–Kier alpha value is -0.830. The molecule has 0 bridgehead atoms. The highest BCUT2D eigenvalue weighted by Crippen LogP contribution is 2.39. The lowest BCUT2D eigenvalue weighted by Gasteiger charge is -2.14. The number of rotatable bonds is 1. The Labute approximate surface area is 117 Å². The van der Waals surface area contributed by atoms with Crippen LogP contribution in [0.2, 0.25) is 5.02 Å². The second-order valence-corrected chi connectivity index (χ2v) is 6.07. The molecule has 1 nitrogen and oxygen atoms in total. The topological polar surface area (TPSA) is 12.0 Å². The normalized spacial score (nSPS) is 15.2. The van der Waals surface area contributed by atoms with Crippen LogP contribution in [-0.4, -0.2) is 13.1 Å². The van der Waals surface area contributed by atoms with Crippen LogP contribution in [0.4, 0.5) is 0 Å². The first-order valence-corrected chi connectivity index (χ1v) is 7.58. The maximum absolute atomic E-state index is 6.46. The number of hydrogen-bond donors (Lipinski definition) is 1. The SMILES string of the molecule is Cc1ccsc1-c1c(Cl)ccc2c1CCNCC2. The number of halogens is 1. The van der Waals surface area contributed by atoms with E-state index in [0.717, 1.165) is 31.0 Å². The Bertz CT molecular complexity index is 574. The summed E-state index contributed by atoms with van der Waals surface area (Å²) < 4.78 is 0. The lowest BCUT2D eigenvalue weighted by molar-refractivity contribution is 0.711. The zero-order valence-corrected chi connectivity index (χ0v) is 12.0. The molecule has 0 amide bonds. The minimum Gasteiger partial charge on any atom is -0.316 e. The van der Waals surface area contributed by atoms with Gasteiger partial charge in [-0.15, -0.1) is 11.3 Å². The van der Waals surface area contributed by atoms with Gasteiger partial charge < -0.3 is 5.32 Å². The van der Waals surface area contributed by atoms with Crippen LogP contribution in [-0.2, 0) is 12.8 Å². The van der Waals surface area contributed by atoms with E-state index in [9.17, 15) is 0 Å². The highest BCUT2D eigenvalue weighted by molar-refractivity contribution is 7.13. The molecule has 3 rings (SSSR count). The van der Waals surface area contributed by atoms with Crippen LogP contribution >= 0.6 is 22.9 Å². The standard InChI is InChI=1S/C15H16ClNS/c1-10-6-9-18-15(10)14-12-5-8-17-7-4-11(12)2-3-13(14)16/h2-3,6,9,17H,4-5,7-8H2,1H3. The van der Waals surface area contributed by atoms with Gasteiger partial charge in [0.05, 0.1) is 0 Å². The van der Waals surface area contributed by atoms with Crippen LogP contribution in [0, 0.1) is 6.92 Å². The lowest BCUT2D eigenvalue weighted by atomic mass is 9.95. The van der Waals surface area contributed by atoms with E-state index >= 15 is 0 Å². The molecule has 2 aromatic rings. The fraction of sp³-hybridized carbons (Fsp3) is 0.333. The third-order valence-electron chi connectivity index (χ3n) is 3.57. The predicted octanol–water partition coefficient (Wildman–Crippen LogP) is 4.07. The van der Waals surface area contributed by atoms with Crippen LogP contribution in [0.5, 0.6) is 0 Å². The first-order chi connectivity index (χ1) is 8.77. The first kappa shape index (κ1) is 12.2. The van der Waals surface area contributed by atoms with Gasteiger partial charge in [-0.05, 0) is 67.1 Å². The summed E-state index contributed by atoms with van der Waals surface area (Å²) in [6, 6.07) is 6.42. The Morgan fingerprint density at radius 2 is 2.00 bits per heavy atom. The Balaban J connectivity index is 2.22. The van der Waals surface area contributed by atoms with Gasteiger partial charge in [0.1, 0.15) is 0 Å². The van der Waals surface area contributed by atoms with Crippen molar-refractivity contribution < 1.29 is 0 Å². The summed E-state index contributed by atoms with van der Waals surface area (Å²) in [6.45, 7) is 4.28. The van der Waals surface area contributed by atoms with Gasteiger partial charge in [0, 0.05) is 15.5 Å². The molecule has 3 heteroatoms. The maximum Gasteiger partial charge on any atom is 0.0495 e. The Morgan fingerprint density at radius 3 is 2.78 bits per heavy atom. The number of nitrogens with one attached hydrogen (secondary N) is 1. The highest BCUT2D eigenvalue weighted by Gasteiger charge is 2.17. The minimum atomic E-state index is 0.890. The van der Waals surface area contributed by atoms with Gasteiger partial charge in [0.2, 0.25) is 0 Å². The molecule has 2 heterocycles. The fourth-order valence-corrected chi connectivity index (χ4v) is 3.96. The predicted molar refractivity (Wildman–Crippen MR) is 79.8 cm³/mol. The van der Waals surface area contributed by atoms with Crippen LogP contribution in [0.25, 0.3) is 10.4 Å². The van der Waals surface area contributed by atoms with E-state index in [2.05, 4.69) is 35.8 Å². The van der Waals surface area contributed by atoms with Crippen molar-refractivity contribution in [1.29, 1.82) is 0 Å². The average Bonchev–Trinajstić information content (AvgIpc) is 2.64. The fourth-order valence-electron chi connectivity index (χ4n) is 2.62. The number of aryl methyl sites for hydroxylation is 1. The van der Waals surface area contributed by atoms with E-state index in [1.807, 2.05) is 0 Å². The second kappa shape index (κ2) is 5.04. The molecule has 0 fully saturated rings. The molecule has 0 unspecified atom stereocenters. The summed E-state index contributed by atoms with van der Waals surface area (Å²) in [5, 5.41) is 6.50. The van der Waals surface area contributed by atoms with E-state index in [0.29, 0.717) is 0 Å². The number of benzene rings is 1. The molecule has 18 heavy (non-hydrogen) atoms. The molecule has 1 aromatic heterocycles. The first-order valence-electron chi connectivity index (χ1n) is 6.33. The van der Waals surface area contributed by atoms with Crippen molar-refractivity contribution in [2.24, 2.45) is 0 Å². The largest absolute Gasteiger partial charge is 0.316 e. The van der Waals surface area contributed by atoms with Gasteiger partial charge in [-0.25, -0.2) is 0 Å². The van der Waals surface area contributed by atoms with E-state index in [4.69, 9.17) is 11.6 Å². The van der Waals surface area contributed by atoms with Gasteiger partial charge >= 0.3 is 0 Å². The van der Waals surface area contributed by atoms with E-state index in [1.54, 1.807) is 11.3 Å². The summed E-state index contributed by atoms with van der Waals surface area (Å²) in [7, 11) is 0. The molecule has 94 valence electrons. The van der Waals surface area contributed by atoms with Crippen molar-refractivity contribution in [2.75, 3.05) is 13.1 Å². The summed E-state index contributed by atoms with van der Waals surface area (Å²) in [4.78, 5) is 1.33. The number of thiophene rings is 1. The van der Waals surface area contributed by atoms with Crippen molar-refractivity contribution in [3.63, 3.8) is 0 Å². The third kappa shape index (κ3) is 2.09. The molecule has 1 aliphatic rings. The summed E-state index contributed by atoms with van der Waals surface area (Å²) >= 11 is 8.26. The van der Waals surface area contributed by atoms with E-state index in [-0.39, 0.29) is 0 Å². The Kier molecular flexibility index (Phi) is 3.42. The number of hydrogen-bond acceptors (Lipinski definition) is 2. The van der Waals surface area contributed by atoms with Crippen LogP contribution in [0.15, 0.2) is 23.6 Å². The zero-order valence-electron chi connectivity index (χ0n) is 10.4. The molecule has 0 saturated heterocycles. The van der Waals surface area contributed by atoms with Crippen molar-refractivity contribution in [2.45, 2.75) is 19.8 Å². The molecular weight excluding hydrogens is 262 g/mol. The molecule has 0 saturated carbocycles. The average molecular weight is 278 g/mol. The van der Waals surface area contributed by atoms with Crippen molar-refractivity contribution in [3.05, 3.63) is 45.3 Å². The molecule has 1 aliphatic heterocycles. The monoisotopic (exact) mass is 277 g/mol. The van der Waals surface area contributed by atoms with Gasteiger partial charge in [-0.3, -0.25) is 0 Å². The molecular formula is C15H16ClNS. The quantitative estimate of drug-likeness (QED) is 0.829. The van der Waals surface area contributed by atoms with Crippen LogP contribution in [0.1, 0.15) is 16.7 Å². The van der Waals surface area contributed by atoms with Gasteiger partial charge in [0.25, 0.3) is 0 Å². The number of fused-ring (bicyclic) bond motifs is 1. The van der Waals surface area contributed by atoms with E-state index in [1.165, 1.54) is 27.1 Å². The maximum atomic E-state index is 6.46. The molecule has 0 spiro atoms. The Morgan fingerprint density at radius 1 is 1.17 bits per heavy atom.